The van der Waals surface area contributed by atoms with Crippen LogP contribution in [0, 0.1) is 0 Å². The predicted molar refractivity (Wildman–Crippen MR) is 88.4 cm³/mol. The second-order valence-electron chi connectivity index (χ2n) is 6.61. The molecule has 0 saturated carbocycles. The van der Waals surface area contributed by atoms with Gasteiger partial charge in [0, 0.05) is 31.7 Å². The van der Waals surface area contributed by atoms with Gasteiger partial charge >= 0.3 is 0 Å². The van der Waals surface area contributed by atoms with Crippen molar-refractivity contribution < 1.29 is 0 Å². The van der Waals surface area contributed by atoms with E-state index in [2.05, 4.69) is 40.1 Å². The molecule has 2 fully saturated rings. The van der Waals surface area contributed by atoms with Gasteiger partial charge in [0.2, 0.25) is 0 Å². The van der Waals surface area contributed by atoms with Crippen molar-refractivity contribution >= 4 is 0 Å². The van der Waals surface area contributed by atoms with E-state index in [1.54, 1.807) is 0 Å². The van der Waals surface area contributed by atoms with Crippen LogP contribution >= 0.6 is 0 Å². The molecule has 0 spiro atoms. The van der Waals surface area contributed by atoms with E-state index in [-0.39, 0.29) is 0 Å². The highest BCUT2D eigenvalue weighted by Crippen LogP contribution is 2.22. The quantitative estimate of drug-likeness (QED) is 0.900. The van der Waals surface area contributed by atoms with Crippen LogP contribution in [0.4, 0.5) is 0 Å². The summed E-state index contributed by atoms with van der Waals surface area (Å²) in [5.41, 5.74) is 7.48. The lowest BCUT2D eigenvalue weighted by Crippen LogP contribution is -2.45. The maximum atomic E-state index is 6.07. The van der Waals surface area contributed by atoms with Crippen LogP contribution in [-0.2, 0) is 6.42 Å². The van der Waals surface area contributed by atoms with Gasteiger partial charge in [-0.05, 0) is 44.3 Å². The van der Waals surface area contributed by atoms with E-state index < -0.39 is 0 Å². The highest BCUT2D eigenvalue weighted by atomic mass is 15.3. The van der Waals surface area contributed by atoms with E-state index in [0.717, 1.165) is 19.0 Å². The Balaban J connectivity index is 1.55. The fourth-order valence-electron chi connectivity index (χ4n) is 3.93. The summed E-state index contributed by atoms with van der Waals surface area (Å²) in [4.78, 5) is 5.35. The van der Waals surface area contributed by atoms with Crippen LogP contribution in [0.15, 0.2) is 30.3 Å². The zero-order chi connectivity index (χ0) is 14.5. The molecule has 2 aliphatic rings. The van der Waals surface area contributed by atoms with Gasteiger partial charge in [-0.1, -0.05) is 36.8 Å². The summed E-state index contributed by atoms with van der Waals surface area (Å²) in [6.45, 7) is 5.82. The van der Waals surface area contributed by atoms with Gasteiger partial charge in [-0.3, -0.25) is 9.80 Å². The van der Waals surface area contributed by atoms with Crippen molar-refractivity contribution in [2.24, 2.45) is 5.73 Å². The molecule has 116 valence electrons. The summed E-state index contributed by atoms with van der Waals surface area (Å²) in [6.07, 6.45) is 6.61. The van der Waals surface area contributed by atoms with Crippen LogP contribution in [0.3, 0.4) is 0 Å². The SMILES string of the molecule is NCC(Cc1ccccc1)N1CCC(N2CCCCC2)C1. The van der Waals surface area contributed by atoms with Gasteiger partial charge in [0.25, 0.3) is 0 Å². The van der Waals surface area contributed by atoms with Gasteiger partial charge in [-0.2, -0.15) is 0 Å². The molecule has 2 N–H and O–H groups in total. The second-order valence-corrected chi connectivity index (χ2v) is 6.61. The Morgan fingerprint density at radius 3 is 2.52 bits per heavy atom. The Bertz CT molecular complexity index is 414. The summed E-state index contributed by atoms with van der Waals surface area (Å²) in [5.74, 6) is 0. The van der Waals surface area contributed by atoms with Crippen LogP contribution in [-0.4, -0.2) is 54.6 Å². The summed E-state index contributed by atoms with van der Waals surface area (Å²) in [5, 5.41) is 0. The molecule has 0 radical (unpaired) electrons. The first-order valence-electron chi connectivity index (χ1n) is 8.59. The van der Waals surface area contributed by atoms with Gasteiger partial charge in [-0.15, -0.1) is 0 Å². The van der Waals surface area contributed by atoms with Crippen molar-refractivity contribution in [3.05, 3.63) is 35.9 Å². The first-order chi connectivity index (χ1) is 10.4. The summed E-state index contributed by atoms with van der Waals surface area (Å²) >= 11 is 0. The van der Waals surface area contributed by atoms with Crippen LogP contribution in [0.5, 0.6) is 0 Å². The van der Waals surface area contributed by atoms with Crippen LogP contribution in [0.2, 0.25) is 0 Å². The maximum absolute atomic E-state index is 6.07. The normalized spacial score (nSPS) is 26.0. The third-order valence-corrected chi connectivity index (χ3v) is 5.20. The average molecular weight is 287 g/mol. The van der Waals surface area contributed by atoms with Crippen molar-refractivity contribution in [3.8, 4) is 0 Å². The molecule has 0 amide bonds. The minimum absolute atomic E-state index is 0.502. The fourth-order valence-corrected chi connectivity index (χ4v) is 3.93. The van der Waals surface area contributed by atoms with Crippen LogP contribution in [0.25, 0.3) is 0 Å². The molecule has 3 rings (SSSR count). The van der Waals surface area contributed by atoms with E-state index in [9.17, 15) is 0 Å². The Labute approximate surface area is 129 Å². The number of nitrogens with two attached hydrogens (primary N) is 1. The first kappa shape index (κ1) is 15.0. The van der Waals surface area contributed by atoms with E-state index >= 15 is 0 Å². The lowest BCUT2D eigenvalue weighted by molar-refractivity contribution is 0.152. The van der Waals surface area contributed by atoms with Crippen molar-refractivity contribution in [2.75, 3.05) is 32.7 Å². The fraction of sp³-hybridized carbons (Fsp3) is 0.667. The van der Waals surface area contributed by atoms with Crippen molar-refractivity contribution in [1.82, 2.24) is 9.80 Å². The Kier molecular flexibility index (Phi) is 5.28. The molecule has 2 unspecified atom stereocenters. The maximum Gasteiger partial charge on any atom is 0.0259 e. The van der Waals surface area contributed by atoms with Gasteiger partial charge in [0.05, 0.1) is 0 Å². The zero-order valence-corrected chi connectivity index (χ0v) is 13.1. The number of likely N-dealkylation sites (tertiary alicyclic amines) is 2. The summed E-state index contributed by atoms with van der Waals surface area (Å²) in [7, 11) is 0. The molecule has 2 heterocycles. The molecule has 3 nitrogen and oxygen atoms in total. The van der Waals surface area contributed by atoms with Crippen LogP contribution in [0.1, 0.15) is 31.2 Å². The molecule has 0 bridgehead atoms. The van der Waals surface area contributed by atoms with E-state index in [4.69, 9.17) is 5.73 Å². The summed E-state index contributed by atoms with van der Waals surface area (Å²) in [6, 6.07) is 12.1. The highest BCUT2D eigenvalue weighted by Gasteiger charge is 2.31. The molecule has 21 heavy (non-hydrogen) atoms. The van der Waals surface area contributed by atoms with E-state index in [1.807, 2.05) is 0 Å². The van der Waals surface area contributed by atoms with Gasteiger partial charge in [-0.25, -0.2) is 0 Å². The topological polar surface area (TPSA) is 32.5 Å². The van der Waals surface area contributed by atoms with Crippen molar-refractivity contribution in [2.45, 2.75) is 44.2 Å². The molecular weight excluding hydrogens is 258 g/mol. The number of piperidine rings is 1. The largest absolute Gasteiger partial charge is 0.329 e. The molecule has 0 aromatic heterocycles. The first-order valence-corrected chi connectivity index (χ1v) is 8.59. The van der Waals surface area contributed by atoms with E-state index in [1.165, 1.54) is 57.4 Å². The number of hydrogen-bond acceptors (Lipinski definition) is 3. The third-order valence-electron chi connectivity index (χ3n) is 5.20. The number of nitrogens with zero attached hydrogens (tertiary/aromatic N) is 2. The molecule has 3 heteroatoms. The Morgan fingerprint density at radius 1 is 1.05 bits per heavy atom. The molecule has 2 aliphatic heterocycles. The Hall–Kier alpha value is -0.900. The molecule has 2 saturated heterocycles. The number of hydrogen-bond donors (Lipinski definition) is 1. The number of benzene rings is 1. The highest BCUT2D eigenvalue weighted by molar-refractivity contribution is 5.16. The Morgan fingerprint density at radius 2 is 1.81 bits per heavy atom. The van der Waals surface area contributed by atoms with Crippen molar-refractivity contribution in [3.63, 3.8) is 0 Å². The second kappa shape index (κ2) is 7.39. The number of rotatable bonds is 5. The third kappa shape index (κ3) is 3.85. The smallest absolute Gasteiger partial charge is 0.0259 e. The van der Waals surface area contributed by atoms with Crippen LogP contribution < -0.4 is 5.73 Å². The average Bonchev–Trinajstić information content (AvgIpc) is 3.04. The molecule has 0 aliphatic carbocycles. The summed E-state index contributed by atoms with van der Waals surface area (Å²) < 4.78 is 0. The predicted octanol–water partition coefficient (Wildman–Crippen LogP) is 2.12. The minimum atomic E-state index is 0.502. The monoisotopic (exact) mass is 287 g/mol. The van der Waals surface area contributed by atoms with Crippen molar-refractivity contribution in [1.29, 1.82) is 0 Å². The molecule has 1 aromatic rings. The standard InChI is InChI=1S/C18H29N3/c19-14-18(13-16-7-3-1-4-8-16)21-12-9-17(15-21)20-10-5-2-6-11-20/h1,3-4,7-8,17-18H,2,5-6,9-15,19H2. The lowest BCUT2D eigenvalue weighted by Gasteiger charge is -2.33. The van der Waals surface area contributed by atoms with Gasteiger partial charge in [0.15, 0.2) is 0 Å². The van der Waals surface area contributed by atoms with Gasteiger partial charge < -0.3 is 5.73 Å². The van der Waals surface area contributed by atoms with E-state index in [0.29, 0.717) is 6.04 Å². The molecule has 1 aromatic carbocycles. The van der Waals surface area contributed by atoms with Gasteiger partial charge in [0.1, 0.15) is 0 Å². The zero-order valence-electron chi connectivity index (χ0n) is 13.1. The molecule has 2 atom stereocenters. The minimum Gasteiger partial charge on any atom is -0.329 e. The lowest BCUT2D eigenvalue weighted by atomic mass is 10.0. The molecular formula is C18H29N3.